The van der Waals surface area contributed by atoms with E-state index < -0.39 is 25.2 Å². The van der Waals surface area contributed by atoms with E-state index in [1.165, 1.54) is 20.7 Å². The lowest BCUT2D eigenvalue weighted by molar-refractivity contribution is -0.384. The summed E-state index contributed by atoms with van der Waals surface area (Å²) >= 11 is 0. The van der Waals surface area contributed by atoms with Gasteiger partial charge in [0.25, 0.3) is 15.9 Å². The van der Waals surface area contributed by atoms with Crippen molar-refractivity contribution < 1.29 is 21.8 Å². The number of anilines is 1. The molecule has 30 heavy (non-hydrogen) atoms. The maximum atomic E-state index is 12.7. The standard InChI is InChI=1S/C17H27N5O6S2/c1-14(2)18-29(25,26)15-5-6-16(17(13-15)22(23)24)19-9-11-21(12-10-19)30(27,28)20-7-3-4-8-20/h5-6,13-14,18H,3-4,7-12H2,1-2H3. The van der Waals surface area contributed by atoms with Crippen LogP contribution in [0.25, 0.3) is 0 Å². The monoisotopic (exact) mass is 461 g/mol. The molecule has 0 bridgehead atoms. The summed E-state index contributed by atoms with van der Waals surface area (Å²) in [5, 5.41) is 11.6. The number of nitro groups is 1. The van der Waals surface area contributed by atoms with Crippen molar-refractivity contribution in [3.8, 4) is 0 Å². The summed E-state index contributed by atoms with van der Waals surface area (Å²) in [5.74, 6) is 0. The normalized spacial score (nSPS) is 19.5. The maximum Gasteiger partial charge on any atom is 0.293 e. The number of nitrogens with zero attached hydrogens (tertiary/aromatic N) is 4. The van der Waals surface area contributed by atoms with E-state index >= 15 is 0 Å². The molecule has 1 N–H and O–H groups in total. The Kier molecular flexibility index (Phi) is 6.67. The van der Waals surface area contributed by atoms with Crippen LogP contribution >= 0.6 is 0 Å². The molecule has 13 heteroatoms. The van der Waals surface area contributed by atoms with Gasteiger partial charge in [0.1, 0.15) is 5.69 Å². The molecule has 0 aromatic heterocycles. The van der Waals surface area contributed by atoms with E-state index in [2.05, 4.69) is 4.72 Å². The molecule has 168 valence electrons. The van der Waals surface area contributed by atoms with Crippen LogP contribution in [0, 0.1) is 10.1 Å². The van der Waals surface area contributed by atoms with Crippen molar-refractivity contribution in [2.75, 3.05) is 44.2 Å². The smallest absolute Gasteiger partial charge is 0.293 e. The van der Waals surface area contributed by atoms with Crippen LogP contribution in [0.15, 0.2) is 23.1 Å². The Bertz CT molecular complexity index is 997. The summed E-state index contributed by atoms with van der Waals surface area (Å²) in [6.07, 6.45) is 1.71. The van der Waals surface area contributed by atoms with Crippen LogP contribution in [0.3, 0.4) is 0 Å². The molecule has 0 saturated carbocycles. The van der Waals surface area contributed by atoms with Crippen LogP contribution in [-0.2, 0) is 20.2 Å². The van der Waals surface area contributed by atoms with Gasteiger partial charge in [0.2, 0.25) is 10.0 Å². The number of sulfonamides is 1. The van der Waals surface area contributed by atoms with E-state index in [0.717, 1.165) is 18.9 Å². The van der Waals surface area contributed by atoms with Crippen LogP contribution in [0.1, 0.15) is 26.7 Å². The number of hydrogen-bond donors (Lipinski definition) is 1. The van der Waals surface area contributed by atoms with Crippen LogP contribution in [-0.4, -0.2) is 75.7 Å². The summed E-state index contributed by atoms with van der Waals surface area (Å²) in [6, 6.07) is 3.45. The molecule has 0 unspecified atom stereocenters. The first kappa shape index (κ1) is 22.9. The highest BCUT2D eigenvalue weighted by molar-refractivity contribution is 7.89. The van der Waals surface area contributed by atoms with Crippen molar-refractivity contribution in [2.45, 2.75) is 37.6 Å². The van der Waals surface area contributed by atoms with Gasteiger partial charge in [-0.1, -0.05) is 0 Å². The SMILES string of the molecule is CC(C)NS(=O)(=O)c1ccc(N2CCN(S(=O)(=O)N3CCCC3)CC2)c([N+](=O)[O-])c1. The Hall–Kier alpha value is -1.80. The van der Waals surface area contributed by atoms with Gasteiger partial charge in [-0.25, -0.2) is 13.1 Å². The lowest BCUT2D eigenvalue weighted by Gasteiger charge is -2.36. The van der Waals surface area contributed by atoms with Gasteiger partial charge in [0.15, 0.2) is 0 Å². The highest BCUT2D eigenvalue weighted by atomic mass is 32.2. The van der Waals surface area contributed by atoms with Crippen LogP contribution in [0.2, 0.25) is 0 Å². The number of piperazine rings is 1. The second kappa shape index (κ2) is 8.75. The molecule has 1 aromatic rings. The molecule has 2 aliphatic heterocycles. The van der Waals surface area contributed by atoms with Gasteiger partial charge in [0, 0.05) is 51.4 Å². The van der Waals surface area contributed by atoms with E-state index in [0.29, 0.717) is 13.1 Å². The average molecular weight is 462 g/mol. The molecule has 0 spiro atoms. The summed E-state index contributed by atoms with van der Waals surface area (Å²) in [4.78, 5) is 12.5. The molecule has 2 aliphatic rings. The number of rotatable bonds is 7. The lowest BCUT2D eigenvalue weighted by Crippen LogP contribution is -2.52. The van der Waals surface area contributed by atoms with Crippen LogP contribution in [0.4, 0.5) is 11.4 Å². The zero-order chi connectivity index (χ0) is 22.1. The third kappa shape index (κ3) is 4.75. The topological polar surface area (TPSA) is 133 Å². The molecule has 0 radical (unpaired) electrons. The van der Waals surface area contributed by atoms with Crippen molar-refractivity contribution in [3.63, 3.8) is 0 Å². The summed E-state index contributed by atoms with van der Waals surface area (Å²) in [6.45, 7) is 5.36. The predicted octanol–water partition coefficient (Wildman–Crippen LogP) is 0.744. The molecule has 11 nitrogen and oxygen atoms in total. The van der Waals surface area contributed by atoms with E-state index in [1.54, 1.807) is 18.7 Å². The van der Waals surface area contributed by atoms with Gasteiger partial charge < -0.3 is 4.90 Å². The largest absolute Gasteiger partial charge is 0.363 e. The van der Waals surface area contributed by atoms with Crippen LogP contribution in [0.5, 0.6) is 0 Å². The van der Waals surface area contributed by atoms with E-state index in [1.807, 2.05) is 0 Å². The predicted molar refractivity (Wildman–Crippen MR) is 112 cm³/mol. The van der Waals surface area contributed by atoms with Gasteiger partial charge >= 0.3 is 0 Å². The fourth-order valence-corrected chi connectivity index (χ4v) is 6.65. The van der Waals surface area contributed by atoms with Crippen molar-refractivity contribution in [2.24, 2.45) is 0 Å². The molecule has 3 rings (SSSR count). The Morgan fingerprint density at radius 1 is 0.967 bits per heavy atom. The molecule has 2 saturated heterocycles. The summed E-state index contributed by atoms with van der Waals surface area (Å²) < 4.78 is 55.4. The third-order valence-electron chi connectivity index (χ3n) is 5.14. The van der Waals surface area contributed by atoms with Gasteiger partial charge in [-0.2, -0.15) is 17.0 Å². The third-order valence-corrected chi connectivity index (χ3v) is 8.83. The van der Waals surface area contributed by atoms with Crippen molar-refractivity contribution >= 4 is 31.6 Å². The van der Waals surface area contributed by atoms with Gasteiger partial charge in [-0.05, 0) is 38.8 Å². The van der Waals surface area contributed by atoms with Crippen LogP contribution < -0.4 is 9.62 Å². The quantitative estimate of drug-likeness (QED) is 0.468. The molecule has 0 aliphatic carbocycles. The Morgan fingerprint density at radius 3 is 2.07 bits per heavy atom. The summed E-state index contributed by atoms with van der Waals surface area (Å²) in [7, 11) is -7.38. The Morgan fingerprint density at radius 2 is 1.53 bits per heavy atom. The van der Waals surface area contributed by atoms with E-state index in [4.69, 9.17) is 0 Å². The number of benzene rings is 1. The van der Waals surface area contributed by atoms with E-state index in [9.17, 15) is 26.9 Å². The Labute approximate surface area is 177 Å². The number of nitro benzene ring substituents is 1. The zero-order valence-corrected chi connectivity index (χ0v) is 18.7. The molecule has 0 amide bonds. The second-order valence-electron chi connectivity index (χ2n) is 7.68. The first-order valence-electron chi connectivity index (χ1n) is 9.83. The van der Waals surface area contributed by atoms with Gasteiger partial charge in [-0.3, -0.25) is 10.1 Å². The number of hydrogen-bond acceptors (Lipinski definition) is 7. The minimum absolute atomic E-state index is 0.179. The molecule has 2 heterocycles. The van der Waals surface area contributed by atoms with Crippen molar-refractivity contribution in [1.82, 2.24) is 13.3 Å². The highest BCUT2D eigenvalue weighted by Crippen LogP contribution is 2.32. The fourth-order valence-electron chi connectivity index (χ4n) is 3.70. The Balaban J connectivity index is 1.79. The van der Waals surface area contributed by atoms with Gasteiger partial charge in [0.05, 0.1) is 9.82 Å². The molecular formula is C17H27N5O6S2. The van der Waals surface area contributed by atoms with Crippen molar-refractivity contribution in [1.29, 1.82) is 0 Å². The first-order chi connectivity index (χ1) is 14.0. The van der Waals surface area contributed by atoms with Crippen molar-refractivity contribution in [3.05, 3.63) is 28.3 Å². The second-order valence-corrected chi connectivity index (χ2v) is 11.3. The minimum Gasteiger partial charge on any atom is -0.363 e. The van der Waals surface area contributed by atoms with E-state index in [-0.39, 0.29) is 48.5 Å². The number of nitrogens with one attached hydrogen (secondary N) is 1. The average Bonchev–Trinajstić information content (AvgIpc) is 3.22. The molecule has 0 atom stereocenters. The highest BCUT2D eigenvalue weighted by Gasteiger charge is 2.35. The summed E-state index contributed by atoms with van der Waals surface area (Å²) in [5.41, 5.74) is -0.0424. The molecule has 2 fully saturated rings. The van der Waals surface area contributed by atoms with Gasteiger partial charge in [-0.15, -0.1) is 0 Å². The fraction of sp³-hybridized carbons (Fsp3) is 0.647. The lowest BCUT2D eigenvalue weighted by atomic mass is 10.2. The molecular weight excluding hydrogens is 434 g/mol. The molecule has 1 aromatic carbocycles. The first-order valence-corrected chi connectivity index (χ1v) is 12.7. The zero-order valence-electron chi connectivity index (χ0n) is 17.0. The maximum absolute atomic E-state index is 12.7. The minimum atomic E-state index is -3.87.